The summed E-state index contributed by atoms with van der Waals surface area (Å²) < 4.78 is 0. The van der Waals surface area contributed by atoms with Crippen LogP contribution >= 0.6 is 15.9 Å². The van der Waals surface area contributed by atoms with E-state index >= 15 is 0 Å². The maximum atomic E-state index is 12.5. The number of carboxylic acid groups (broad SMARTS) is 1. The summed E-state index contributed by atoms with van der Waals surface area (Å²) in [4.78, 5) is 57.8. The molecule has 11 nitrogen and oxygen atoms in total. The van der Waals surface area contributed by atoms with Crippen LogP contribution in [0.5, 0.6) is 0 Å². The van der Waals surface area contributed by atoms with Crippen LogP contribution in [-0.4, -0.2) is 64.2 Å². The average Bonchev–Trinajstić information content (AvgIpc) is 2.63. The summed E-state index contributed by atoms with van der Waals surface area (Å²) in [5.41, 5.74) is 10.7. The number of nitrogens with two attached hydrogens (primary N) is 2. The molecule has 8 N–H and O–H groups in total. The van der Waals surface area contributed by atoms with Crippen LogP contribution in [0.3, 0.4) is 0 Å². The molecule has 0 saturated carbocycles. The molecule has 0 unspecified atom stereocenters. The first-order valence-corrected chi connectivity index (χ1v) is 10.2. The molecule has 0 aromatic rings. The molecule has 0 aliphatic heterocycles. The number of carboxylic acids is 1. The third-order valence-corrected chi connectivity index (χ3v) is 4.65. The zero-order chi connectivity index (χ0) is 22.6. The molecule has 4 atom stereocenters. The highest BCUT2D eigenvalue weighted by Crippen LogP contribution is 2.05. The number of carbonyl (C=O) groups is 5. The summed E-state index contributed by atoms with van der Waals surface area (Å²) in [6, 6.07) is -3.14. The zero-order valence-corrected chi connectivity index (χ0v) is 18.2. The van der Waals surface area contributed by atoms with Gasteiger partial charge in [0.15, 0.2) is 0 Å². The van der Waals surface area contributed by atoms with Gasteiger partial charge >= 0.3 is 5.97 Å². The molecule has 0 rings (SSSR count). The second-order valence-electron chi connectivity index (χ2n) is 6.53. The summed E-state index contributed by atoms with van der Waals surface area (Å²) in [6.07, 6.45) is 1.74. The van der Waals surface area contributed by atoms with Gasteiger partial charge in [-0.2, -0.15) is 0 Å². The molecule has 4 amide bonds. The lowest BCUT2D eigenvalue weighted by Crippen LogP contribution is -2.56. The summed E-state index contributed by atoms with van der Waals surface area (Å²) >= 11 is 2.97. The molecule has 0 aliphatic carbocycles. The Morgan fingerprint density at radius 3 is 1.97 bits per heavy atom. The topological polar surface area (TPSA) is 194 Å². The van der Waals surface area contributed by atoms with Crippen molar-refractivity contribution in [3.63, 3.8) is 0 Å². The van der Waals surface area contributed by atoms with E-state index in [9.17, 15) is 29.1 Å². The van der Waals surface area contributed by atoms with E-state index < -0.39 is 59.1 Å². The van der Waals surface area contributed by atoms with Gasteiger partial charge in [-0.15, -0.1) is 0 Å². The molecule has 166 valence electrons. The minimum absolute atomic E-state index is 0.265. The van der Waals surface area contributed by atoms with Crippen LogP contribution in [0.1, 0.15) is 46.0 Å². The Balaban J connectivity index is 4.93. The molecule has 0 spiro atoms. The molecular weight excluding hydrogens is 450 g/mol. The summed E-state index contributed by atoms with van der Waals surface area (Å²) in [5, 5.41) is 16.5. The average molecular weight is 480 g/mol. The van der Waals surface area contributed by atoms with Gasteiger partial charge in [0.05, 0.1) is 6.04 Å². The molecule has 0 aromatic heterocycles. The number of amides is 4. The van der Waals surface area contributed by atoms with Gasteiger partial charge < -0.3 is 32.5 Å². The number of carbonyl (C=O) groups excluding carboxylic acids is 4. The van der Waals surface area contributed by atoms with E-state index in [-0.39, 0.29) is 12.8 Å². The van der Waals surface area contributed by atoms with E-state index in [1.54, 1.807) is 0 Å². The van der Waals surface area contributed by atoms with Crippen molar-refractivity contribution in [1.29, 1.82) is 0 Å². The number of halogens is 1. The second kappa shape index (κ2) is 13.9. The molecule has 29 heavy (non-hydrogen) atoms. The van der Waals surface area contributed by atoms with Crippen molar-refractivity contribution in [2.45, 2.75) is 68.9 Å². The Kier molecular flexibility index (Phi) is 12.8. The molecule has 0 fully saturated rings. The van der Waals surface area contributed by atoms with Crippen LogP contribution in [0, 0.1) is 0 Å². The first-order valence-electron chi connectivity index (χ1n) is 9.32. The lowest BCUT2D eigenvalue weighted by Gasteiger charge is -2.23. The first-order chi connectivity index (χ1) is 13.5. The number of nitrogens with one attached hydrogen (secondary N) is 3. The van der Waals surface area contributed by atoms with E-state index in [1.165, 1.54) is 0 Å². The van der Waals surface area contributed by atoms with Gasteiger partial charge in [-0.3, -0.25) is 19.2 Å². The highest BCUT2D eigenvalue weighted by molar-refractivity contribution is 9.10. The van der Waals surface area contributed by atoms with Crippen LogP contribution in [0.2, 0.25) is 0 Å². The van der Waals surface area contributed by atoms with Gasteiger partial charge in [0.2, 0.25) is 23.6 Å². The van der Waals surface area contributed by atoms with Gasteiger partial charge in [0, 0.05) is 13.0 Å². The quantitative estimate of drug-likeness (QED) is 0.167. The maximum absolute atomic E-state index is 12.5. The molecular formula is C17H30BrN5O6. The fraction of sp³-hybridized carbons (Fsp3) is 0.706. The van der Waals surface area contributed by atoms with Crippen molar-refractivity contribution in [3.8, 4) is 0 Å². The van der Waals surface area contributed by atoms with E-state index in [4.69, 9.17) is 11.5 Å². The van der Waals surface area contributed by atoms with Crippen LogP contribution < -0.4 is 27.4 Å². The molecule has 0 saturated heterocycles. The predicted molar refractivity (Wildman–Crippen MR) is 109 cm³/mol. The van der Waals surface area contributed by atoms with Crippen LogP contribution in [-0.2, 0) is 24.0 Å². The Labute approximate surface area is 177 Å². The van der Waals surface area contributed by atoms with Crippen LogP contribution in [0.15, 0.2) is 0 Å². The molecule has 0 aliphatic rings. The Hall–Kier alpha value is -2.21. The number of aliphatic carboxylic acids is 1. The standard InChI is InChI=1S/C17H30BrN5O6/c1-3-5-10(19)15(26)22-11(6-4-2)16(27)23-12(17(28)29)8-21-14(25)9(18)7-13(20)24/h9-12H,3-8,19H2,1-2H3,(H2,20,24)(H,21,25)(H,22,26)(H,23,27)(H,28,29)/t9-,10-,11-,12-/m0/s1. The second-order valence-corrected chi connectivity index (χ2v) is 7.63. The lowest BCUT2D eigenvalue weighted by molar-refractivity contribution is -0.142. The van der Waals surface area contributed by atoms with E-state index in [0.29, 0.717) is 19.3 Å². The molecule has 12 heteroatoms. The number of alkyl halides is 1. The molecule has 0 radical (unpaired) electrons. The van der Waals surface area contributed by atoms with Gasteiger partial charge in [0.25, 0.3) is 0 Å². The zero-order valence-electron chi connectivity index (χ0n) is 16.6. The van der Waals surface area contributed by atoms with Crippen LogP contribution in [0.4, 0.5) is 0 Å². The van der Waals surface area contributed by atoms with Gasteiger partial charge in [-0.25, -0.2) is 4.79 Å². The van der Waals surface area contributed by atoms with Crippen molar-refractivity contribution in [2.75, 3.05) is 6.54 Å². The maximum Gasteiger partial charge on any atom is 0.328 e. The Morgan fingerprint density at radius 1 is 0.931 bits per heavy atom. The highest BCUT2D eigenvalue weighted by atomic mass is 79.9. The highest BCUT2D eigenvalue weighted by Gasteiger charge is 2.28. The van der Waals surface area contributed by atoms with Crippen molar-refractivity contribution in [2.24, 2.45) is 11.5 Å². The Morgan fingerprint density at radius 2 is 1.48 bits per heavy atom. The van der Waals surface area contributed by atoms with E-state index in [0.717, 1.165) is 0 Å². The van der Waals surface area contributed by atoms with Crippen LogP contribution in [0.25, 0.3) is 0 Å². The minimum atomic E-state index is -1.43. The molecule has 0 aromatic carbocycles. The number of hydrogen-bond acceptors (Lipinski definition) is 6. The van der Waals surface area contributed by atoms with Crippen molar-refractivity contribution < 1.29 is 29.1 Å². The van der Waals surface area contributed by atoms with E-state index in [1.807, 2.05) is 13.8 Å². The normalized spacial score (nSPS) is 14.8. The first kappa shape index (κ1) is 26.8. The summed E-state index contributed by atoms with van der Waals surface area (Å²) in [5.74, 6) is -3.91. The molecule has 0 heterocycles. The fourth-order valence-corrected chi connectivity index (χ4v) is 2.81. The van der Waals surface area contributed by atoms with Gasteiger partial charge in [-0.05, 0) is 12.8 Å². The van der Waals surface area contributed by atoms with Crippen molar-refractivity contribution in [3.05, 3.63) is 0 Å². The number of rotatable bonds is 14. The minimum Gasteiger partial charge on any atom is -0.480 e. The van der Waals surface area contributed by atoms with Crippen molar-refractivity contribution in [1.82, 2.24) is 16.0 Å². The van der Waals surface area contributed by atoms with Crippen molar-refractivity contribution >= 4 is 45.5 Å². The predicted octanol–water partition coefficient (Wildman–Crippen LogP) is -1.28. The number of primary amides is 1. The third-order valence-electron chi connectivity index (χ3n) is 3.91. The van der Waals surface area contributed by atoms with Gasteiger partial charge in [-0.1, -0.05) is 42.6 Å². The number of hydrogen-bond donors (Lipinski definition) is 6. The van der Waals surface area contributed by atoms with E-state index in [2.05, 4.69) is 31.9 Å². The van der Waals surface area contributed by atoms with Gasteiger partial charge in [0.1, 0.15) is 16.9 Å². The fourth-order valence-electron chi connectivity index (χ4n) is 2.33. The smallest absolute Gasteiger partial charge is 0.328 e. The SMILES string of the molecule is CCC[C@H](NC(=O)[C@@H](N)CCC)C(=O)N[C@@H](CNC(=O)[C@@H](Br)CC(N)=O)C(=O)O. The third kappa shape index (κ3) is 10.8. The summed E-state index contributed by atoms with van der Waals surface area (Å²) in [6.45, 7) is 3.27. The Bertz CT molecular complexity index is 603. The lowest BCUT2D eigenvalue weighted by atomic mass is 10.1. The largest absolute Gasteiger partial charge is 0.480 e. The molecule has 0 bridgehead atoms. The summed E-state index contributed by atoms with van der Waals surface area (Å²) in [7, 11) is 0. The monoisotopic (exact) mass is 479 g/mol.